The van der Waals surface area contributed by atoms with E-state index in [2.05, 4.69) is 5.32 Å². The summed E-state index contributed by atoms with van der Waals surface area (Å²) in [5.74, 6) is -3.77. The fourth-order valence-corrected chi connectivity index (χ4v) is 2.62. The van der Waals surface area contributed by atoms with Crippen LogP contribution in [0.3, 0.4) is 0 Å². The number of allylic oxidation sites excluding steroid dienone is 1. The molecule has 1 aromatic carbocycles. The monoisotopic (exact) mass is 327 g/mol. The lowest BCUT2D eigenvalue weighted by atomic mass is 9.83. The first-order valence-corrected chi connectivity index (χ1v) is 7.05. The van der Waals surface area contributed by atoms with E-state index in [9.17, 15) is 14.0 Å². The summed E-state index contributed by atoms with van der Waals surface area (Å²) < 4.78 is 18.8. The molecule has 2 unspecified atom stereocenters. The molecule has 0 aliphatic heterocycles. The van der Waals surface area contributed by atoms with E-state index in [0.29, 0.717) is 12.8 Å². The van der Waals surface area contributed by atoms with Gasteiger partial charge >= 0.3 is 5.97 Å². The van der Waals surface area contributed by atoms with Crippen molar-refractivity contribution in [1.82, 2.24) is 0 Å². The zero-order valence-electron chi connectivity index (χ0n) is 11.8. The minimum absolute atomic E-state index is 0.0852. The highest BCUT2D eigenvalue weighted by molar-refractivity contribution is 6.32. The fraction of sp³-hybridized carbons (Fsp3) is 0.333. The average molecular weight is 328 g/mol. The Morgan fingerprint density at radius 1 is 1.45 bits per heavy atom. The summed E-state index contributed by atoms with van der Waals surface area (Å²) in [5, 5.41) is 11.7. The van der Waals surface area contributed by atoms with E-state index in [1.54, 1.807) is 6.08 Å². The molecule has 0 saturated carbocycles. The van der Waals surface area contributed by atoms with Gasteiger partial charge in [-0.15, -0.1) is 0 Å². The van der Waals surface area contributed by atoms with Crippen molar-refractivity contribution in [2.75, 3.05) is 12.4 Å². The van der Waals surface area contributed by atoms with Crippen LogP contribution in [0.2, 0.25) is 5.02 Å². The number of carbonyl (C=O) groups excluding carboxylic acids is 1. The zero-order chi connectivity index (χ0) is 16.3. The van der Waals surface area contributed by atoms with Gasteiger partial charge in [0.15, 0.2) is 0 Å². The zero-order valence-corrected chi connectivity index (χ0v) is 12.6. The second kappa shape index (κ2) is 6.79. The lowest BCUT2D eigenvalue weighted by molar-refractivity contribution is -0.144. The first-order valence-electron chi connectivity index (χ1n) is 6.67. The van der Waals surface area contributed by atoms with Crippen molar-refractivity contribution in [3.05, 3.63) is 35.1 Å². The number of aliphatic carboxylic acids is 1. The number of rotatable bonds is 4. The number of methoxy groups -OCH3 is 1. The van der Waals surface area contributed by atoms with Crippen LogP contribution in [0.5, 0.6) is 5.75 Å². The van der Waals surface area contributed by atoms with Crippen molar-refractivity contribution < 1.29 is 23.8 Å². The van der Waals surface area contributed by atoms with E-state index < -0.39 is 29.5 Å². The summed E-state index contributed by atoms with van der Waals surface area (Å²) in [5.41, 5.74) is -0.0926. The van der Waals surface area contributed by atoms with Gasteiger partial charge in [-0.1, -0.05) is 23.8 Å². The highest BCUT2D eigenvalue weighted by Crippen LogP contribution is 2.32. The Labute approximate surface area is 131 Å². The van der Waals surface area contributed by atoms with Crippen LogP contribution in [0.15, 0.2) is 24.3 Å². The van der Waals surface area contributed by atoms with Gasteiger partial charge < -0.3 is 15.2 Å². The maximum Gasteiger partial charge on any atom is 0.311 e. The van der Waals surface area contributed by atoms with Crippen LogP contribution in [-0.2, 0) is 9.59 Å². The van der Waals surface area contributed by atoms with Crippen LogP contribution in [-0.4, -0.2) is 24.1 Å². The summed E-state index contributed by atoms with van der Waals surface area (Å²) in [6.07, 6.45) is 4.23. The third kappa shape index (κ3) is 3.39. The van der Waals surface area contributed by atoms with Crippen LogP contribution in [0.1, 0.15) is 12.8 Å². The standard InChI is InChI=1S/C15H15ClFNO4/c1-22-13-7-12(11(17)6-10(13)16)18-14(19)8-4-2-3-5-9(8)15(20)21/h3,5-9H,2,4H2,1H3,(H,18,19)(H,20,21). The van der Waals surface area contributed by atoms with Crippen LogP contribution < -0.4 is 10.1 Å². The summed E-state index contributed by atoms with van der Waals surface area (Å²) >= 11 is 5.79. The first kappa shape index (κ1) is 16.3. The van der Waals surface area contributed by atoms with Gasteiger partial charge in [-0.2, -0.15) is 0 Å². The smallest absolute Gasteiger partial charge is 0.311 e. The predicted octanol–water partition coefficient (Wildman–Crippen LogP) is 3.09. The molecule has 0 spiro atoms. The van der Waals surface area contributed by atoms with E-state index in [0.717, 1.165) is 6.07 Å². The molecule has 118 valence electrons. The van der Waals surface area contributed by atoms with Crippen LogP contribution in [0.25, 0.3) is 0 Å². The number of carboxylic acid groups (broad SMARTS) is 1. The Morgan fingerprint density at radius 2 is 2.18 bits per heavy atom. The molecule has 1 aliphatic carbocycles. The number of anilines is 1. The molecule has 0 bridgehead atoms. The first-order chi connectivity index (χ1) is 10.4. The SMILES string of the molecule is COc1cc(NC(=O)C2CCC=CC2C(=O)O)c(F)cc1Cl. The third-order valence-corrected chi connectivity index (χ3v) is 3.84. The molecule has 0 heterocycles. The van der Waals surface area contributed by atoms with Crippen molar-refractivity contribution in [2.45, 2.75) is 12.8 Å². The van der Waals surface area contributed by atoms with Crippen molar-refractivity contribution in [3.8, 4) is 5.75 Å². The van der Waals surface area contributed by atoms with Gasteiger partial charge in [0.25, 0.3) is 0 Å². The molecule has 1 aliphatic rings. The van der Waals surface area contributed by atoms with Crippen molar-refractivity contribution >= 4 is 29.2 Å². The Balaban J connectivity index is 2.21. The molecule has 1 aromatic rings. The lowest BCUT2D eigenvalue weighted by Crippen LogP contribution is -2.34. The summed E-state index contributed by atoms with van der Waals surface area (Å²) in [4.78, 5) is 23.5. The number of ether oxygens (including phenoxy) is 1. The van der Waals surface area contributed by atoms with E-state index in [1.165, 1.54) is 19.3 Å². The topological polar surface area (TPSA) is 75.6 Å². The molecular weight excluding hydrogens is 313 g/mol. The number of hydrogen-bond acceptors (Lipinski definition) is 3. The Hall–Kier alpha value is -2.08. The Morgan fingerprint density at radius 3 is 2.82 bits per heavy atom. The number of amides is 1. The average Bonchev–Trinajstić information content (AvgIpc) is 2.49. The van der Waals surface area contributed by atoms with Gasteiger partial charge in [-0.25, -0.2) is 4.39 Å². The molecule has 1 amide bonds. The summed E-state index contributed by atoms with van der Waals surface area (Å²) in [6.45, 7) is 0. The molecule has 2 atom stereocenters. The minimum atomic E-state index is -1.08. The number of carboxylic acids is 1. The van der Waals surface area contributed by atoms with Crippen LogP contribution in [0, 0.1) is 17.7 Å². The van der Waals surface area contributed by atoms with Gasteiger partial charge in [-0.05, 0) is 18.9 Å². The predicted molar refractivity (Wildman–Crippen MR) is 79.6 cm³/mol. The van der Waals surface area contributed by atoms with Gasteiger partial charge in [0.05, 0.1) is 29.7 Å². The fourth-order valence-electron chi connectivity index (χ4n) is 2.39. The second-order valence-electron chi connectivity index (χ2n) is 4.93. The van der Waals surface area contributed by atoms with E-state index in [1.807, 2.05) is 0 Å². The van der Waals surface area contributed by atoms with Gasteiger partial charge in [-0.3, -0.25) is 9.59 Å². The van der Waals surface area contributed by atoms with Gasteiger partial charge in [0.1, 0.15) is 11.6 Å². The highest BCUT2D eigenvalue weighted by atomic mass is 35.5. The van der Waals surface area contributed by atoms with E-state index in [-0.39, 0.29) is 16.5 Å². The molecule has 7 heteroatoms. The number of halogens is 2. The lowest BCUT2D eigenvalue weighted by Gasteiger charge is -2.23. The number of hydrogen-bond donors (Lipinski definition) is 2. The molecule has 5 nitrogen and oxygen atoms in total. The largest absolute Gasteiger partial charge is 0.495 e. The van der Waals surface area contributed by atoms with E-state index >= 15 is 0 Å². The van der Waals surface area contributed by atoms with Crippen molar-refractivity contribution in [1.29, 1.82) is 0 Å². The molecule has 2 N–H and O–H groups in total. The summed E-state index contributed by atoms with van der Waals surface area (Å²) in [7, 11) is 1.37. The minimum Gasteiger partial charge on any atom is -0.495 e. The van der Waals surface area contributed by atoms with E-state index in [4.69, 9.17) is 21.4 Å². The maximum absolute atomic E-state index is 13.9. The second-order valence-corrected chi connectivity index (χ2v) is 5.34. The van der Waals surface area contributed by atoms with Crippen LogP contribution in [0.4, 0.5) is 10.1 Å². The molecule has 2 rings (SSSR count). The van der Waals surface area contributed by atoms with Gasteiger partial charge in [0.2, 0.25) is 5.91 Å². The Bertz CT molecular complexity index is 632. The normalized spacial score (nSPS) is 20.5. The highest BCUT2D eigenvalue weighted by Gasteiger charge is 2.33. The van der Waals surface area contributed by atoms with Crippen molar-refractivity contribution in [3.63, 3.8) is 0 Å². The van der Waals surface area contributed by atoms with Gasteiger partial charge in [0, 0.05) is 6.07 Å². The quantitative estimate of drug-likeness (QED) is 0.833. The van der Waals surface area contributed by atoms with Crippen molar-refractivity contribution in [2.24, 2.45) is 11.8 Å². The number of benzene rings is 1. The maximum atomic E-state index is 13.9. The number of nitrogens with one attached hydrogen (secondary N) is 1. The van der Waals surface area contributed by atoms with Crippen LogP contribution >= 0.6 is 11.6 Å². The Kier molecular flexibility index (Phi) is 5.03. The molecular formula is C15H15ClFNO4. The molecule has 0 aromatic heterocycles. The molecule has 0 fully saturated rings. The molecule has 0 saturated heterocycles. The molecule has 0 radical (unpaired) electrons. The summed E-state index contributed by atoms with van der Waals surface area (Å²) in [6, 6.07) is 2.30. The molecule has 22 heavy (non-hydrogen) atoms. The third-order valence-electron chi connectivity index (χ3n) is 3.54. The number of carbonyl (C=O) groups is 2.